The second-order valence-electron chi connectivity index (χ2n) is 6.31. The molecule has 0 saturated carbocycles. The molecule has 5 nitrogen and oxygen atoms in total. The number of aryl methyl sites for hydroxylation is 1. The Hall–Kier alpha value is -2.31. The van der Waals surface area contributed by atoms with E-state index in [1.54, 1.807) is 18.2 Å². The third-order valence-corrected chi connectivity index (χ3v) is 4.65. The molecule has 0 aliphatic carbocycles. The van der Waals surface area contributed by atoms with Gasteiger partial charge in [-0.3, -0.25) is 10.1 Å². The van der Waals surface area contributed by atoms with E-state index in [2.05, 4.69) is 24.5 Å². The van der Waals surface area contributed by atoms with Crippen LogP contribution >= 0.6 is 23.8 Å². The monoisotopic (exact) mass is 406 g/mol. The molecule has 0 radical (unpaired) electrons. The molecule has 2 aromatic rings. The first-order chi connectivity index (χ1) is 12.8. The molecular weight excluding hydrogens is 384 g/mol. The first-order valence-corrected chi connectivity index (χ1v) is 9.41. The van der Waals surface area contributed by atoms with Crippen LogP contribution in [0.25, 0.3) is 0 Å². The average molecular weight is 407 g/mol. The molecule has 3 N–H and O–H groups in total. The molecule has 1 unspecified atom stereocenters. The van der Waals surface area contributed by atoms with Crippen molar-refractivity contribution in [1.82, 2.24) is 5.32 Å². The van der Waals surface area contributed by atoms with E-state index in [9.17, 15) is 9.90 Å². The second kappa shape index (κ2) is 9.58. The molecule has 1 amide bonds. The molecule has 7 heteroatoms. The molecule has 0 saturated heterocycles. The van der Waals surface area contributed by atoms with Gasteiger partial charge in [0.2, 0.25) is 0 Å². The molecule has 0 aliphatic rings. The minimum atomic E-state index is -0.429. The van der Waals surface area contributed by atoms with E-state index in [1.165, 1.54) is 0 Å². The topological polar surface area (TPSA) is 70.6 Å². The normalized spacial score (nSPS) is 11.6. The van der Waals surface area contributed by atoms with Gasteiger partial charge >= 0.3 is 0 Å². The summed E-state index contributed by atoms with van der Waals surface area (Å²) in [5.74, 6) is 0.403. The number of carbonyl (C=O) groups excluding carboxylic acids is 1. The van der Waals surface area contributed by atoms with Gasteiger partial charge in [-0.1, -0.05) is 37.6 Å². The number of phenols is 1. The van der Waals surface area contributed by atoms with Gasteiger partial charge < -0.3 is 15.2 Å². The highest BCUT2D eigenvalue weighted by Crippen LogP contribution is 2.29. The summed E-state index contributed by atoms with van der Waals surface area (Å²) >= 11 is 11.2. The molecule has 0 heterocycles. The number of phenolic OH excluding ortho intramolecular Hbond substituents is 1. The third kappa shape index (κ3) is 6.12. The maximum absolute atomic E-state index is 12.0. The number of hydrogen-bond donors (Lipinski definition) is 3. The summed E-state index contributed by atoms with van der Waals surface area (Å²) in [6.07, 6.45) is 0.976. The number of benzene rings is 2. The van der Waals surface area contributed by atoms with Crippen LogP contribution in [0, 0.1) is 6.92 Å². The van der Waals surface area contributed by atoms with Gasteiger partial charge in [0.05, 0.1) is 10.7 Å². The molecule has 2 aromatic carbocycles. The van der Waals surface area contributed by atoms with Crippen molar-refractivity contribution < 1.29 is 14.6 Å². The van der Waals surface area contributed by atoms with E-state index >= 15 is 0 Å². The predicted octanol–water partition coefficient (Wildman–Crippen LogP) is 4.76. The molecule has 2 rings (SSSR count). The van der Waals surface area contributed by atoms with Crippen molar-refractivity contribution in [3.63, 3.8) is 0 Å². The lowest BCUT2D eigenvalue weighted by atomic mass is 9.98. The van der Waals surface area contributed by atoms with Crippen LogP contribution in [0.5, 0.6) is 11.5 Å². The summed E-state index contributed by atoms with van der Waals surface area (Å²) in [6, 6.07) is 10.6. The Morgan fingerprint density at radius 2 is 2.04 bits per heavy atom. The van der Waals surface area contributed by atoms with E-state index < -0.39 is 5.91 Å². The molecular formula is C20H23ClN2O3S. The number of nitrogens with one attached hydrogen (secondary N) is 2. The second-order valence-corrected chi connectivity index (χ2v) is 7.13. The van der Waals surface area contributed by atoms with Crippen molar-refractivity contribution in [3.8, 4) is 11.5 Å². The molecule has 0 spiro atoms. The number of ether oxygens (including phenoxy) is 1. The standard InChI is InChI=1S/C20H23ClN2O3S/c1-4-13(3)14-6-7-17(24)16(10-14)22-20(27)23-19(25)11-26-18-8-5-12(2)9-15(18)21/h5-10,13,24H,4,11H2,1-3H3,(H2,22,23,25,27). The van der Waals surface area contributed by atoms with E-state index in [-0.39, 0.29) is 17.5 Å². The molecule has 1 atom stereocenters. The van der Waals surface area contributed by atoms with E-state index in [0.29, 0.717) is 22.4 Å². The van der Waals surface area contributed by atoms with Crippen LogP contribution < -0.4 is 15.4 Å². The molecule has 27 heavy (non-hydrogen) atoms. The fraction of sp³-hybridized carbons (Fsp3) is 0.300. The lowest BCUT2D eigenvalue weighted by molar-refractivity contribution is -0.121. The number of aromatic hydroxyl groups is 1. The van der Waals surface area contributed by atoms with Gasteiger partial charge in [0.25, 0.3) is 5.91 Å². The highest BCUT2D eigenvalue weighted by atomic mass is 35.5. The van der Waals surface area contributed by atoms with Gasteiger partial charge in [-0.05, 0) is 66.9 Å². The van der Waals surface area contributed by atoms with E-state index in [1.807, 2.05) is 25.1 Å². The van der Waals surface area contributed by atoms with Crippen molar-refractivity contribution in [1.29, 1.82) is 0 Å². The Morgan fingerprint density at radius 1 is 1.30 bits per heavy atom. The van der Waals surface area contributed by atoms with Crippen LogP contribution in [0.4, 0.5) is 5.69 Å². The number of halogens is 1. The number of carbonyl (C=O) groups is 1. The zero-order valence-corrected chi connectivity index (χ0v) is 17.1. The largest absolute Gasteiger partial charge is 0.506 e. The average Bonchev–Trinajstić information content (AvgIpc) is 2.62. The summed E-state index contributed by atoms with van der Waals surface area (Å²) in [5.41, 5.74) is 2.52. The van der Waals surface area contributed by atoms with Gasteiger partial charge in [-0.25, -0.2) is 0 Å². The van der Waals surface area contributed by atoms with Crippen molar-refractivity contribution in [3.05, 3.63) is 52.5 Å². The maximum atomic E-state index is 12.0. The predicted molar refractivity (Wildman–Crippen MR) is 113 cm³/mol. The lowest BCUT2D eigenvalue weighted by Gasteiger charge is -2.15. The Morgan fingerprint density at radius 3 is 2.70 bits per heavy atom. The number of thiocarbonyl (C=S) groups is 1. The molecule has 0 fully saturated rings. The lowest BCUT2D eigenvalue weighted by Crippen LogP contribution is -2.37. The smallest absolute Gasteiger partial charge is 0.264 e. The van der Waals surface area contributed by atoms with Crippen molar-refractivity contribution in [2.24, 2.45) is 0 Å². The fourth-order valence-corrected chi connectivity index (χ4v) is 2.89. The van der Waals surface area contributed by atoms with Gasteiger partial charge in [-0.2, -0.15) is 0 Å². The summed E-state index contributed by atoms with van der Waals surface area (Å²) < 4.78 is 5.41. The summed E-state index contributed by atoms with van der Waals surface area (Å²) in [7, 11) is 0. The van der Waals surface area contributed by atoms with Gasteiger partial charge in [-0.15, -0.1) is 0 Å². The van der Waals surface area contributed by atoms with Crippen LogP contribution in [0.15, 0.2) is 36.4 Å². The number of rotatable bonds is 6. The number of anilines is 1. The zero-order chi connectivity index (χ0) is 20.0. The van der Waals surface area contributed by atoms with E-state index in [4.69, 9.17) is 28.6 Å². The van der Waals surface area contributed by atoms with Crippen LogP contribution in [0.3, 0.4) is 0 Å². The minimum absolute atomic E-state index is 0.0568. The Bertz CT molecular complexity index is 842. The van der Waals surface area contributed by atoms with Crippen LogP contribution in [-0.4, -0.2) is 22.7 Å². The molecule has 0 bridgehead atoms. The van der Waals surface area contributed by atoms with Crippen LogP contribution in [0.1, 0.15) is 37.3 Å². The molecule has 144 valence electrons. The molecule has 0 aliphatic heterocycles. The SMILES string of the molecule is CCC(C)c1ccc(O)c(NC(=S)NC(=O)COc2ccc(C)cc2Cl)c1. The summed E-state index contributed by atoms with van der Waals surface area (Å²) in [4.78, 5) is 12.0. The quantitative estimate of drug-likeness (QED) is 0.476. The van der Waals surface area contributed by atoms with Crippen molar-refractivity contribution >= 4 is 40.5 Å². The zero-order valence-electron chi connectivity index (χ0n) is 15.5. The van der Waals surface area contributed by atoms with Gasteiger partial charge in [0.15, 0.2) is 11.7 Å². The van der Waals surface area contributed by atoms with Crippen molar-refractivity contribution in [2.75, 3.05) is 11.9 Å². The minimum Gasteiger partial charge on any atom is -0.506 e. The first-order valence-electron chi connectivity index (χ1n) is 8.62. The number of amides is 1. The van der Waals surface area contributed by atoms with Crippen LogP contribution in [0.2, 0.25) is 5.02 Å². The third-order valence-electron chi connectivity index (χ3n) is 4.15. The Balaban J connectivity index is 1.92. The van der Waals surface area contributed by atoms with E-state index in [0.717, 1.165) is 17.5 Å². The first kappa shape index (κ1) is 21.0. The maximum Gasteiger partial charge on any atom is 0.264 e. The van der Waals surface area contributed by atoms with Gasteiger partial charge in [0.1, 0.15) is 11.5 Å². The number of hydrogen-bond acceptors (Lipinski definition) is 4. The van der Waals surface area contributed by atoms with Crippen LogP contribution in [-0.2, 0) is 4.79 Å². The van der Waals surface area contributed by atoms with Gasteiger partial charge in [0, 0.05) is 0 Å². The fourth-order valence-electron chi connectivity index (χ4n) is 2.38. The Labute approximate surface area is 169 Å². The highest BCUT2D eigenvalue weighted by molar-refractivity contribution is 7.80. The highest BCUT2D eigenvalue weighted by Gasteiger charge is 2.11. The summed E-state index contributed by atoms with van der Waals surface area (Å²) in [6.45, 7) is 5.88. The molecule has 0 aromatic heterocycles. The summed E-state index contributed by atoms with van der Waals surface area (Å²) in [5, 5.41) is 15.9. The van der Waals surface area contributed by atoms with Crippen molar-refractivity contribution in [2.45, 2.75) is 33.1 Å². The Kier molecular flexibility index (Phi) is 7.45.